The number of fused-ring (bicyclic) bond motifs is 16. The lowest BCUT2D eigenvalue weighted by Gasteiger charge is -2.40. The SMILES string of the molecule is COc1c2[nH]c(c1OC)C1(CCCCC1)c1[nH]c(c(OC)c1OC)C1(CCCCC1)c1[nH]c(c(OC)c1OC)C1(CCCCC1)c1[nH]c(c(OC)c1OC)C21CCCCC1. The Balaban J connectivity index is 1.50. The van der Waals surface area contributed by atoms with Gasteiger partial charge in [0.1, 0.15) is 0 Å². The van der Waals surface area contributed by atoms with Crippen LogP contribution in [0, 0.1) is 0 Å². The molecule has 4 saturated carbocycles. The first kappa shape index (κ1) is 40.9. The van der Waals surface area contributed by atoms with Gasteiger partial charge in [0.2, 0.25) is 0 Å². The topological polar surface area (TPSA) is 137 Å². The number of aromatic nitrogens is 4. The molecule has 0 amide bonds. The maximum atomic E-state index is 6.57. The summed E-state index contributed by atoms with van der Waals surface area (Å²) >= 11 is 0. The van der Waals surface area contributed by atoms with Gasteiger partial charge in [-0.3, -0.25) is 0 Å². The van der Waals surface area contributed by atoms with E-state index in [1.54, 1.807) is 56.9 Å². The molecule has 12 heteroatoms. The molecule has 12 nitrogen and oxygen atoms in total. The fourth-order valence-electron chi connectivity index (χ4n) is 13.2. The molecule has 0 atom stereocenters. The Labute approximate surface area is 355 Å². The van der Waals surface area contributed by atoms with E-state index in [2.05, 4.69) is 19.9 Å². The van der Waals surface area contributed by atoms with Crippen molar-refractivity contribution in [2.24, 2.45) is 0 Å². The maximum absolute atomic E-state index is 6.57. The molecule has 60 heavy (non-hydrogen) atoms. The summed E-state index contributed by atoms with van der Waals surface area (Å²) in [4.78, 5) is 16.7. The molecule has 0 aromatic carbocycles. The Morgan fingerprint density at radius 3 is 0.483 bits per heavy atom. The quantitative estimate of drug-likeness (QED) is 0.138. The minimum Gasteiger partial charge on any atom is -0.491 e. The molecule has 0 unspecified atom stereocenters. The van der Waals surface area contributed by atoms with Crippen LogP contribution in [0.4, 0.5) is 0 Å². The van der Waals surface area contributed by atoms with Gasteiger partial charge in [0, 0.05) is 0 Å². The fraction of sp³-hybridized carbons (Fsp3) is 0.667. The largest absolute Gasteiger partial charge is 0.491 e. The number of hydrogen-bond acceptors (Lipinski definition) is 8. The Morgan fingerprint density at radius 1 is 0.233 bits per heavy atom. The van der Waals surface area contributed by atoms with Crippen LogP contribution in [0.25, 0.3) is 0 Å². The predicted octanol–water partition coefficient (Wildman–Crippen LogP) is 10.4. The van der Waals surface area contributed by atoms with Crippen molar-refractivity contribution >= 4 is 0 Å². The van der Waals surface area contributed by atoms with Crippen molar-refractivity contribution in [2.75, 3.05) is 56.9 Å². The molecule has 8 bridgehead atoms. The third kappa shape index (κ3) is 5.52. The normalized spacial score (nSPS) is 21.2. The minimum absolute atomic E-state index is 0.535. The lowest BCUT2D eigenvalue weighted by Crippen LogP contribution is -2.36. The highest BCUT2D eigenvalue weighted by molar-refractivity contribution is 5.68. The Kier molecular flexibility index (Phi) is 10.7. The molecule has 0 saturated heterocycles. The van der Waals surface area contributed by atoms with Crippen LogP contribution in [-0.4, -0.2) is 76.8 Å². The van der Waals surface area contributed by atoms with Gasteiger partial charge in [0.05, 0.1) is 124 Å². The van der Waals surface area contributed by atoms with Gasteiger partial charge in [0.15, 0.2) is 46.0 Å². The molecular weight excluding hydrogens is 761 g/mol. The minimum atomic E-state index is -0.535. The zero-order chi connectivity index (χ0) is 41.9. The van der Waals surface area contributed by atoms with Crippen LogP contribution in [0.15, 0.2) is 0 Å². The second-order valence-electron chi connectivity index (χ2n) is 18.3. The molecular formula is C48H68N4O8. The van der Waals surface area contributed by atoms with Crippen LogP contribution < -0.4 is 37.9 Å². The number of nitrogens with one attached hydrogen (secondary N) is 4. The average molecular weight is 829 g/mol. The molecule has 1 aliphatic heterocycles. The first-order valence-corrected chi connectivity index (χ1v) is 22.7. The van der Waals surface area contributed by atoms with Gasteiger partial charge in [-0.25, -0.2) is 0 Å². The fourth-order valence-corrected chi connectivity index (χ4v) is 13.2. The van der Waals surface area contributed by atoms with Gasteiger partial charge in [-0.2, -0.15) is 0 Å². The molecule has 4 spiro atoms. The van der Waals surface area contributed by atoms with Crippen LogP contribution in [0.3, 0.4) is 0 Å². The van der Waals surface area contributed by atoms with Crippen LogP contribution in [0.5, 0.6) is 46.0 Å². The summed E-state index contributed by atoms with van der Waals surface area (Å²) in [7, 11) is 14.3. The van der Waals surface area contributed by atoms with E-state index in [0.29, 0.717) is 0 Å². The van der Waals surface area contributed by atoms with Crippen molar-refractivity contribution in [3.8, 4) is 46.0 Å². The summed E-state index contributed by atoms with van der Waals surface area (Å²) in [5, 5.41) is 0. The molecule has 9 rings (SSSR count). The second-order valence-corrected chi connectivity index (χ2v) is 18.3. The molecule has 4 aromatic rings. The summed E-state index contributed by atoms with van der Waals surface area (Å²) in [5.41, 5.74) is 5.99. The molecule has 4 aromatic heterocycles. The number of ether oxygens (including phenoxy) is 8. The molecule has 5 aliphatic rings. The van der Waals surface area contributed by atoms with E-state index in [0.717, 1.165) is 220 Å². The third-order valence-electron chi connectivity index (χ3n) is 15.9. The number of methoxy groups -OCH3 is 8. The summed E-state index contributed by atoms with van der Waals surface area (Å²) < 4.78 is 52.6. The van der Waals surface area contributed by atoms with E-state index >= 15 is 0 Å². The zero-order valence-electron chi connectivity index (χ0n) is 37.4. The first-order valence-electron chi connectivity index (χ1n) is 22.7. The van der Waals surface area contributed by atoms with Crippen molar-refractivity contribution in [2.45, 2.75) is 150 Å². The van der Waals surface area contributed by atoms with E-state index in [9.17, 15) is 0 Å². The molecule has 5 heterocycles. The van der Waals surface area contributed by atoms with Crippen molar-refractivity contribution in [3.05, 3.63) is 45.6 Å². The zero-order valence-corrected chi connectivity index (χ0v) is 37.4. The number of hydrogen-bond donors (Lipinski definition) is 4. The van der Waals surface area contributed by atoms with Gasteiger partial charge in [-0.15, -0.1) is 0 Å². The molecule has 4 N–H and O–H groups in total. The third-order valence-corrected chi connectivity index (χ3v) is 15.9. The van der Waals surface area contributed by atoms with Gasteiger partial charge in [-0.1, -0.05) is 77.0 Å². The van der Waals surface area contributed by atoms with Crippen LogP contribution in [0.2, 0.25) is 0 Å². The highest BCUT2D eigenvalue weighted by Crippen LogP contribution is 2.64. The van der Waals surface area contributed by atoms with E-state index < -0.39 is 21.7 Å². The van der Waals surface area contributed by atoms with Crippen molar-refractivity contribution < 1.29 is 37.9 Å². The van der Waals surface area contributed by atoms with Gasteiger partial charge in [0.25, 0.3) is 0 Å². The maximum Gasteiger partial charge on any atom is 0.182 e. The molecule has 328 valence electrons. The van der Waals surface area contributed by atoms with E-state index in [-0.39, 0.29) is 0 Å². The van der Waals surface area contributed by atoms with E-state index in [1.165, 1.54) is 0 Å². The molecule has 4 aliphatic carbocycles. The van der Waals surface area contributed by atoms with Gasteiger partial charge >= 0.3 is 0 Å². The van der Waals surface area contributed by atoms with Crippen LogP contribution in [-0.2, 0) is 21.7 Å². The Hall–Kier alpha value is -4.48. The molecule has 0 radical (unpaired) electrons. The Bertz CT molecular complexity index is 1750. The average Bonchev–Trinajstić information content (AvgIpc) is 4.10. The highest BCUT2D eigenvalue weighted by atomic mass is 16.5. The van der Waals surface area contributed by atoms with E-state index in [4.69, 9.17) is 37.9 Å². The van der Waals surface area contributed by atoms with Gasteiger partial charge < -0.3 is 57.8 Å². The summed E-state index contributed by atoms with van der Waals surface area (Å²) in [6, 6.07) is 0. The van der Waals surface area contributed by atoms with Crippen LogP contribution >= 0.6 is 0 Å². The van der Waals surface area contributed by atoms with Crippen molar-refractivity contribution in [3.63, 3.8) is 0 Å². The Morgan fingerprint density at radius 2 is 0.367 bits per heavy atom. The van der Waals surface area contributed by atoms with Crippen molar-refractivity contribution in [1.82, 2.24) is 19.9 Å². The lowest BCUT2D eigenvalue weighted by molar-refractivity contribution is 0.294. The summed E-state index contributed by atoms with van der Waals surface area (Å²) in [6.45, 7) is 0. The first-order chi connectivity index (χ1) is 29.3. The number of H-pyrrole nitrogens is 4. The van der Waals surface area contributed by atoms with E-state index in [1.807, 2.05) is 0 Å². The summed E-state index contributed by atoms with van der Waals surface area (Å²) in [5.74, 6) is 5.96. The second kappa shape index (κ2) is 15.8. The highest BCUT2D eigenvalue weighted by Gasteiger charge is 2.55. The van der Waals surface area contributed by atoms with Gasteiger partial charge in [-0.05, 0) is 51.4 Å². The van der Waals surface area contributed by atoms with Crippen LogP contribution in [0.1, 0.15) is 174 Å². The standard InChI is InChI=1S/C48H68N4O8/c1-53-29-30(54-2)38-46(23-15-10-16-24-46)40-33(57-5)34(58-6)42(51-40)48(27-19-12-20-28-48)44-36(60-8)35(59-7)43(52-44)47(25-17-11-18-26-47)41-32(56-4)31(55-3)39(50-41)45(37(29)49-38)21-13-9-14-22-45/h49-52H,9-28H2,1-8H3. The smallest absolute Gasteiger partial charge is 0.182 e. The number of aromatic amines is 4. The predicted molar refractivity (Wildman–Crippen MR) is 231 cm³/mol. The monoisotopic (exact) mass is 829 g/mol. The lowest BCUT2D eigenvalue weighted by atomic mass is 9.68. The molecule has 4 fully saturated rings. The number of rotatable bonds is 8. The summed E-state index contributed by atoms with van der Waals surface area (Å²) in [6.07, 6.45) is 20.1. The van der Waals surface area contributed by atoms with Crippen molar-refractivity contribution in [1.29, 1.82) is 0 Å².